The molecule has 2 N–H and O–H groups in total. The standard InChI is InChI=1S/C25H21F3N4O3/c1-3-34-21-11-6-16-14-32(18-7-10-20(29)17(12-18)13-30-2)24(33)22(23(16)31-21)15-4-8-19(9-5-15)35-25(26,27)28/h4-14H,3,29H2,1-2H3. The maximum absolute atomic E-state index is 13.7. The number of hydrogen-bond donors (Lipinski definition) is 1. The number of alkyl halides is 3. The third-order valence-corrected chi connectivity index (χ3v) is 5.12. The fourth-order valence-corrected chi connectivity index (χ4v) is 3.64. The number of hydrogen-bond acceptors (Lipinski definition) is 6. The SMILES string of the molecule is CCOc1ccc2cn(-c3ccc(N)c(C=NC)c3)c(=O)c(-c3ccc(OC(F)(F)F)cc3)c2n1. The highest BCUT2D eigenvalue weighted by Crippen LogP contribution is 2.30. The van der Waals surface area contributed by atoms with Crippen LogP contribution in [0.25, 0.3) is 27.7 Å². The molecular weight excluding hydrogens is 461 g/mol. The van der Waals surface area contributed by atoms with Crippen LogP contribution in [0.15, 0.2) is 70.6 Å². The average molecular weight is 482 g/mol. The van der Waals surface area contributed by atoms with E-state index in [-0.39, 0.29) is 5.56 Å². The largest absolute Gasteiger partial charge is 0.573 e. The van der Waals surface area contributed by atoms with Gasteiger partial charge in [-0.2, -0.15) is 0 Å². The number of benzene rings is 2. The zero-order chi connectivity index (χ0) is 25.2. The maximum Gasteiger partial charge on any atom is 0.573 e. The zero-order valence-electron chi connectivity index (χ0n) is 18.8. The van der Waals surface area contributed by atoms with Crippen LogP contribution in [0.4, 0.5) is 18.9 Å². The Balaban J connectivity index is 1.95. The van der Waals surface area contributed by atoms with Crippen molar-refractivity contribution in [3.05, 3.63) is 76.7 Å². The minimum absolute atomic E-state index is 0.199. The molecule has 10 heteroatoms. The zero-order valence-corrected chi connectivity index (χ0v) is 18.8. The summed E-state index contributed by atoms with van der Waals surface area (Å²) in [5, 5.41) is 0.626. The number of rotatable bonds is 6. The molecule has 0 bridgehead atoms. The van der Waals surface area contributed by atoms with Crippen LogP contribution in [0.1, 0.15) is 12.5 Å². The molecule has 4 aromatic rings. The van der Waals surface area contributed by atoms with Gasteiger partial charge in [0.05, 0.1) is 17.7 Å². The second kappa shape index (κ2) is 9.49. The van der Waals surface area contributed by atoms with E-state index in [0.717, 1.165) is 12.1 Å². The lowest BCUT2D eigenvalue weighted by atomic mass is 10.0. The van der Waals surface area contributed by atoms with Gasteiger partial charge in [0.25, 0.3) is 5.56 Å². The molecule has 0 radical (unpaired) electrons. The van der Waals surface area contributed by atoms with Gasteiger partial charge in [-0.1, -0.05) is 12.1 Å². The van der Waals surface area contributed by atoms with E-state index in [9.17, 15) is 18.0 Å². The molecule has 0 saturated carbocycles. The lowest BCUT2D eigenvalue weighted by molar-refractivity contribution is -0.274. The number of aromatic nitrogens is 2. The predicted molar refractivity (Wildman–Crippen MR) is 129 cm³/mol. The molecule has 0 aliphatic heterocycles. The summed E-state index contributed by atoms with van der Waals surface area (Å²) in [7, 11) is 1.61. The Morgan fingerprint density at radius 3 is 2.51 bits per heavy atom. The monoisotopic (exact) mass is 482 g/mol. The normalized spacial score (nSPS) is 11.8. The lowest BCUT2D eigenvalue weighted by Crippen LogP contribution is -2.21. The van der Waals surface area contributed by atoms with Crippen LogP contribution in [0.5, 0.6) is 11.6 Å². The Morgan fingerprint density at radius 2 is 1.86 bits per heavy atom. The van der Waals surface area contributed by atoms with Crippen molar-refractivity contribution in [2.75, 3.05) is 19.4 Å². The summed E-state index contributed by atoms with van der Waals surface area (Å²) in [6, 6.07) is 13.6. The van der Waals surface area contributed by atoms with Crippen molar-refractivity contribution in [3.8, 4) is 28.4 Å². The molecule has 7 nitrogen and oxygen atoms in total. The molecule has 0 amide bonds. The smallest absolute Gasteiger partial charge is 0.478 e. The molecular formula is C25H21F3N4O3. The summed E-state index contributed by atoms with van der Waals surface area (Å²) in [5.74, 6) is -0.0730. The van der Waals surface area contributed by atoms with Gasteiger partial charge in [-0.05, 0) is 48.9 Å². The quantitative estimate of drug-likeness (QED) is 0.309. The van der Waals surface area contributed by atoms with Gasteiger partial charge >= 0.3 is 6.36 Å². The molecule has 2 aromatic heterocycles. The van der Waals surface area contributed by atoms with E-state index in [2.05, 4.69) is 14.7 Å². The van der Waals surface area contributed by atoms with Gasteiger partial charge in [-0.3, -0.25) is 14.4 Å². The average Bonchev–Trinajstić information content (AvgIpc) is 2.80. The van der Waals surface area contributed by atoms with E-state index in [4.69, 9.17) is 10.5 Å². The fourth-order valence-electron chi connectivity index (χ4n) is 3.64. The molecule has 180 valence electrons. The Kier molecular flexibility index (Phi) is 6.46. The summed E-state index contributed by atoms with van der Waals surface area (Å²) < 4.78 is 48.7. The van der Waals surface area contributed by atoms with Gasteiger partial charge in [-0.25, -0.2) is 4.98 Å². The van der Waals surface area contributed by atoms with Crippen molar-refractivity contribution in [2.45, 2.75) is 13.3 Å². The molecule has 4 rings (SSSR count). The summed E-state index contributed by atoms with van der Waals surface area (Å²) in [6.45, 7) is 2.18. The minimum atomic E-state index is -4.82. The van der Waals surface area contributed by atoms with Gasteiger partial charge in [0.2, 0.25) is 5.88 Å². The summed E-state index contributed by atoms with van der Waals surface area (Å²) in [4.78, 5) is 22.2. The van der Waals surface area contributed by atoms with Gasteiger partial charge in [-0.15, -0.1) is 13.2 Å². The van der Waals surface area contributed by atoms with Crippen LogP contribution < -0.4 is 20.8 Å². The Morgan fingerprint density at radius 1 is 1.11 bits per heavy atom. The van der Waals surface area contributed by atoms with Gasteiger partial charge in [0.1, 0.15) is 5.75 Å². The highest BCUT2D eigenvalue weighted by molar-refractivity contribution is 5.93. The molecule has 0 aliphatic carbocycles. The number of pyridine rings is 2. The summed E-state index contributed by atoms with van der Waals surface area (Å²) in [5.41, 5.74) is 8.18. The molecule has 0 atom stereocenters. The van der Waals surface area contributed by atoms with Gasteiger partial charge < -0.3 is 15.2 Å². The van der Waals surface area contributed by atoms with E-state index in [1.165, 1.54) is 16.7 Å². The Labute approximate surface area is 198 Å². The summed E-state index contributed by atoms with van der Waals surface area (Å²) in [6.07, 6.45) is -1.60. The first-order chi connectivity index (χ1) is 16.7. The second-order valence-electron chi connectivity index (χ2n) is 7.47. The highest BCUT2D eigenvalue weighted by atomic mass is 19.4. The molecule has 0 spiro atoms. The van der Waals surface area contributed by atoms with Gasteiger partial charge in [0, 0.05) is 47.8 Å². The van der Waals surface area contributed by atoms with E-state index >= 15 is 0 Å². The van der Waals surface area contributed by atoms with Crippen LogP contribution in [0, 0.1) is 0 Å². The van der Waals surface area contributed by atoms with Crippen LogP contribution >= 0.6 is 0 Å². The molecule has 35 heavy (non-hydrogen) atoms. The van der Waals surface area contributed by atoms with Crippen LogP contribution in [-0.4, -0.2) is 35.8 Å². The third kappa shape index (κ3) is 5.11. The Hall–Kier alpha value is -4.34. The number of nitrogen functional groups attached to an aromatic ring is 1. The first kappa shape index (κ1) is 23.8. The number of fused-ring (bicyclic) bond motifs is 1. The lowest BCUT2D eigenvalue weighted by Gasteiger charge is -2.14. The number of nitrogens with zero attached hydrogens (tertiary/aromatic N) is 3. The van der Waals surface area contributed by atoms with E-state index < -0.39 is 17.7 Å². The number of ether oxygens (including phenoxy) is 2. The fraction of sp³-hybridized carbons (Fsp3) is 0.160. The van der Waals surface area contributed by atoms with Gasteiger partial charge in [0.15, 0.2) is 0 Å². The predicted octanol–water partition coefficient (Wildman–Crippen LogP) is 4.98. The molecule has 0 saturated heterocycles. The van der Waals surface area contributed by atoms with Crippen molar-refractivity contribution in [3.63, 3.8) is 0 Å². The summed E-state index contributed by atoms with van der Waals surface area (Å²) >= 11 is 0. The van der Waals surface area contributed by atoms with Crippen molar-refractivity contribution in [1.29, 1.82) is 0 Å². The van der Waals surface area contributed by atoms with Crippen LogP contribution in [0.2, 0.25) is 0 Å². The second-order valence-corrected chi connectivity index (χ2v) is 7.47. The Bertz CT molecular complexity index is 1460. The van der Waals surface area contributed by atoms with Crippen LogP contribution in [0.3, 0.4) is 0 Å². The first-order valence-corrected chi connectivity index (χ1v) is 10.6. The number of anilines is 1. The minimum Gasteiger partial charge on any atom is -0.478 e. The number of aliphatic imine (C=N–C) groups is 1. The highest BCUT2D eigenvalue weighted by Gasteiger charge is 2.31. The van der Waals surface area contributed by atoms with Crippen molar-refractivity contribution < 1.29 is 22.6 Å². The van der Waals surface area contributed by atoms with E-state index in [1.54, 1.807) is 49.8 Å². The molecule has 0 fully saturated rings. The molecule has 0 aliphatic rings. The topological polar surface area (TPSA) is 91.7 Å². The first-order valence-electron chi connectivity index (χ1n) is 10.6. The van der Waals surface area contributed by atoms with Crippen LogP contribution in [-0.2, 0) is 0 Å². The van der Waals surface area contributed by atoms with E-state index in [0.29, 0.717) is 45.9 Å². The number of nitrogens with two attached hydrogens (primary N) is 1. The molecule has 0 unspecified atom stereocenters. The van der Waals surface area contributed by atoms with E-state index in [1.807, 2.05) is 6.92 Å². The van der Waals surface area contributed by atoms with Crippen molar-refractivity contribution >= 4 is 22.8 Å². The molecule has 2 heterocycles. The van der Waals surface area contributed by atoms with Crippen molar-refractivity contribution in [2.24, 2.45) is 4.99 Å². The third-order valence-electron chi connectivity index (χ3n) is 5.12. The number of halogens is 3. The maximum atomic E-state index is 13.7. The molecule has 2 aromatic carbocycles. The van der Waals surface area contributed by atoms with Crippen molar-refractivity contribution in [1.82, 2.24) is 9.55 Å².